The standard InChI is InChI=1S/C17H23NO5/c1-11-13(22-2)9-12(10-14(11)23-3)15(19)18-17(16(20)21)7-5-4-6-8-17/h9-10H,4-8H2,1-3H3,(H,18,19)(H,20,21). The van der Waals surface area contributed by atoms with Crippen LogP contribution in [0.4, 0.5) is 0 Å². The zero-order valence-corrected chi connectivity index (χ0v) is 13.8. The summed E-state index contributed by atoms with van der Waals surface area (Å²) in [5.41, 5.74) is -0.0617. The number of carboxylic acids is 1. The minimum atomic E-state index is -1.18. The van der Waals surface area contributed by atoms with Gasteiger partial charge in [-0.1, -0.05) is 19.3 Å². The second kappa shape index (κ2) is 6.89. The Hall–Kier alpha value is -2.24. The summed E-state index contributed by atoms with van der Waals surface area (Å²) < 4.78 is 10.5. The summed E-state index contributed by atoms with van der Waals surface area (Å²) in [6.45, 7) is 1.83. The number of ether oxygens (including phenoxy) is 2. The van der Waals surface area contributed by atoms with Crippen molar-refractivity contribution in [3.63, 3.8) is 0 Å². The Morgan fingerprint density at radius 1 is 1.09 bits per heavy atom. The van der Waals surface area contributed by atoms with Crippen molar-refractivity contribution < 1.29 is 24.2 Å². The van der Waals surface area contributed by atoms with Gasteiger partial charge in [0.25, 0.3) is 5.91 Å². The van der Waals surface area contributed by atoms with Crippen molar-refractivity contribution in [1.29, 1.82) is 0 Å². The number of hydrogen-bond donors (Lipinski definition) is 2. The highest BCUT2D eigenvalue weighted by Crippen LogP contribution is 2.32. The number of carboxylic acid groups (broad SMARTS) is 1. The summed E-state index contributed by atoms with van der Waals surface area (Å²) in [4.78, 5) is 24.3. The molecule has 0 unspecified atom stereocenters. The number of carbonyl (C=O) groups excluding carboxylic acids is 1. The van der Waals surface area contributed by atoms with Crippen LogP contribution in [-0.4, -0.2) is 36.7 Å². The second-order valence-corrected chi connectivity index (χ2v) is 5.91. The molecule has 6 heteroatoms. The third-order valence-electron chi connectivity index (χ3n) is 4.48. The summed E-state index contributed by atoms with van der Waals surface area (Å²) in [6.07, 6.45) is 3.50. The Morgan fingerprint density at radius 2 is 1.61 bits per heavy atom. The lowest BCUT2D eigenvalue weighted by Crippen LogP contribution is -2.55. The number of aliphatic carboxylic acids is 1. The van der Waals surface area contributed by atoms with Crippen LogP contribution in [0.15, 0.2) is 12.1 Å². The molecule has 0 atom stereocenters. The van der Waals surface area contributed by atoms with Crippen molar-refractivity contribution >= 4 is 11.9 Å². The van der Waals surface area contributed by atoms with Crippen LogP contribution in [0, 0.1) is 6.92 Å². The molecule has 0 bridgehead atoms. The summed E-state index contributed by atoms with van der Waals surface area (Å²) in [6, 6.07) is 3.21. The number of nitrogens with one attached hydrogen (secondary N) is 1. The van der Waals surface area contributed by atoms with E-state index in [9.17, 15) is 14.7 Å². The van der Waals surface area contributed by atoms with Crippen LogP contribution >= 0.6 is 0 Å². The summed E-state index contributed by atoms with van der Waals surface area (Å²) in [7, 11) is 3.03. The van der Waals surface area contributed by atoms with E-state index in [4.69, 9.17) is 9.47 Å². The minimum Gasteiger partial charge on any atom is -0.496 e. The lowest BCUT2D eigenvalue weighted by Gasteiger charge is -2.34. The first-order chi connectivity index (χ1) is 10.9. The van der Waals surface area contributed by atoms with Gasteiger partial charge < -0.3 is 19.9 Å². The molecule has 1 saturated carbocycles. The first-order valence-corrected chi connectivity index (χ1v) is 7.72. The smallest absolute Gasteiger partial charge is 0.329 e. The third-order valence-corrected chi connectivity index (χ3v) is 4.48. The van der Waals surface area contributed by atoms with E-state index in [0.29, 0.717) is 29.9 Å². The topological polar surface area (TPSA) is 84.9 Å². The molecule has 126 valence electrons. The average Bonchev–Trinajstić information content (AvgIpc) is 2.55. The van der Waals surface area contributed by atoms with E-state index < -0.39 is 17.4 Å². The predicted molar refractivity (Wildman–Crippen MR) is 85.2 cm³/mol. The van der Waals surface area contributed by atoms with E-state index >= 15 is 0 Å². The molecule has 0 radical (unpaired) electrons. The van der Waals surface area contributed by atoms with Gasteiger partial charge in [0.05, 0.1) is 14.2 Å². The summed E-state index contributed by atoms with van der Waals surface area (Å²) in [5, 5.41) is 12.3. The maximum absolute atomic E-state index is 12.6. The van der Waals surface area contributed by atoms with Crippen LogP contribution in [0.25, 0.3) is 0 Å². The van der Waals surface area contributed by atoms with Crippen molar-refractivity contribution in [3.05, 3.63) is 23.3 Å². The number of amides is 1. The normalized spacial score (nSPS) is 16.5. The Kier molecular flexibility index (Phi) is 5.13. The second-order valence-electron chi connectivity index (χ2n) is 5.91. The quantitative estimate of drug-likeness (QED) is 0.870. The maximum Gasteiger partial charge on any atom is 0.329 e. The fourth-order valence-corrected chi connectivity index (χ4v) is 3.05. The molecular weight excluding hydrogens is 298 g/mol. The van der Waals surface area contributed by atoms with Crippen LogP contribution < -0.4 is 14.8 Å². The third kappa shape index (κ3) is 3.41. The molecule has 0 saturated heterocycles. The zero-order valence-electron chi connectivity index (χ0n) is 13.8. The molecule has 1 fully saturated rings. The van der Waals surface area contributed by atoms with E-state index in [2.05, 4.69) is 5.32 Å². The van der Waals surface area contributed by atoms with Gasteiger partial charge in [-0.3, -0.25) is 4.79 Å². The summed E-state index contributed by atoms with van der Waals surface area (Å²) >= 11 is 0. The van der Waals surface area contributed by atoms with Crippen molar-refractivity contribution in [2.24, 2.45) is 0 Å². The number of carbonyl (C=O) groups is 2. The molecule has 1 aromatic rings. The van der Waals surface area contributed by atoms with Gasteiger partial charge in [0.1, 0.15) is 17.0 Å². The van der Waals surface area contributed by atoms with Gasteiger partial charge >= 0.3 is 5.97 Å². The monoisotopic (exact) mass is 321 g/mol. The van der Waals surface area contributed by atoms with Gasteiger partial charge in [-0.25, -0.2) is 4.79 Å². The zero-order chi connectivity index (χ0) is 17.0. The highest BCUT2D eigenvalue weighted by molar-refractivity contribution is 5.98. The van der Waals surface area contributed by atoms with E-state index in [1.54, 1.807) is 12.1 Å². The minimum absolute atomic E-state index is 0.329. The van der Waals surface area contributed by atoms with Gasteiger partial charge in [0.2, 0.25) is 0 Å². The van der Waals surface area contributed by atoms with Crippen LogP contribution in [0.5, 0.6) is 11.5 Å². The highest BCUT2D eigenvalue weighted by atomic mass is 16.5. The molecule has 0 aromatic heterocycles. The largest absolute Gasteiger partial charge is 0.496 e. The molecule has 0 heterocycles. The first kappa shape index (κ1) is 17.1. The van der Waals surface area contributed by atoms with Gasteiger partial charge in [-0.2, -0.15) is 0 Å². The number of methoxy groups -OCH3 is 2. The average molecular weight is 321 g/mol. The van der Waals surface area contributed by atoms with Gasteiger partial charge in [-0.15, -0.1) is 0 Å². The number of rotatable bonds is 5. The predicted octanol–water partition coefficient (Wildman–Crippen LogP) is 2.53. The van der Waals surface area contributed by atoms with Gasteiger partial charge in [0.15, 0.2) is 0 Å². The van der Waals surface area contributed by atoms with Crippen LogP contribution in [0.2, 0.25) is 0 Å². The fraction of sp³-hybridized carbons (Fsp3) is 0.529. The van der Waals surface area contributed by atoms with Crippen molar-refractivity contribution in [1.82, 2.24) is 5.32 Å². The Labute approximate surface area is 135 Å². The van der Waals surface area contributed by atoms with Crippen molar-refractivity contribution in [2.75, 3.05) is 14.2 Å². The SMILES string of the molecule is COc1cc(C(=O)NC2(C(=O)O)CCCCC2)cc(OC)c1C. The molecule has 1 amide bonds. The molecule has 6 nitrogen and oxygen atoms in total. The van der Waals surface area contributed by atoms with E-state index in [0.717, 1.165) is 24.8 Å². The van der Waals surface area contributed by atoms with E-state index in [-0.39, 0.29) is 0 Å². The van der Waals surface area contributed by atoms with E-state index in [1.165, 1.54) is 14.2 Å². The highest BCUT2D eigenvalue weighted by Gasteiger charge is 2.41. The maximum atomic E-state index is 12.6. The number of benzene rings is 1. The molecule has 0 aliphatic heterocycles. The molecule has 1 aliphatic carbocycles. The van der Waals surface area contributed by atoms with Crippen molar-refractivity contribution in [2.45, 2.75) is 44.6 Å². The molecule has 1 aliphatic rings. The summed E-state index contributed by atoms with van der Waals surface area (Å²) in [5.74, 6) is -0.340. The van der Waals surface area contributed by atoms with Crippen LogP contribution in [-0.2, 0) is 4.79 Å². The molecular formula is C17H23NO5. The Morgan fingerprint density at radius 3 is 2.04 bits per heavy atom. The molecule has 23 heavy (non-hydrogen) atoms. The Balaban J connectivity index is 2.31. The van der Waals surface area contributed by atoms with Crippen LogP contribution in [0.1, 0.15) is 48.0 Å². The molecule has 2 rings (SSSR count). The fourth-order valence-electron chi connectivity index (χ4n) is 3.05. The first-order valence-electron chi connectivity index (χ1n) is 7.72. The lowest BCUT2D eigenvalue weighted by molar-refractivity contribution is -0.145. The lowest BCUT2D eigenvalue weighted by atomic mass is 9.81. The molecule has 2 N–H and O–H groups in total. The molecule has 1 aromatic carbocycles. The van der Waals surface area contributed by atoms with Crippen molar-refractivity contribution in [3.8, 4) is 11.5 Å². The molecule has 0 spiro atoms. The number of hydrogen-bond acceptors (Lipinski definition) is 4. The van der Waals surface area contributed by atoms with Gasteiger partial charge in [0, 0.05) is 11.1 Å². The van der Waals surface area contributed by atoms with E-state index in [1.807, 2.05) is 6.92 Å². The van der Waals surface area contributed by atoms with Gasteiger partial charge in [-0.05, 0) is 31.9 Å². The Bertz CT molecular complexity index is 580. The van der Waals surface area contributed by atoms with Crippen LogP contribution in [0.3, 0.4) is 0 Å².